The van der Waals surface area contributed by atoms with Gasteiger partial charge in [0.2, 0.25) is 0 Å². The summed E-state index contributed by atoms with van der Waals surface area (Å²) >= 11 is 0. The number of hydrogen-bond acceptors (Lipinski definition) is 3. The fourth-order valence-electron chi connectivity index (χ4n) is 2.76. The molecule has 0 radical (unpaired) electrons. The van der Waals surface area contributed by atoms with Crippen LogP contribution in [0.5, 0.6) is 5.75 Å². The van der Waals surface area contributed by atoms with E-state index < -0.39 is 5.91 Å². The van der Waals surface area contributed by atoms with Crippen LogP contribution in [-0.2, 0) is 11.4 Å². The minimum absolute atomic E-state index is 0.0210. The van der Waals surface area contributed by atoms with Crippen LogP contribution in [0.2, 0.25) is 0 Å². The molecule has 3 aromatic rings. The summed E-state index contributed by atoms with van der Waals surface area (Å²) in [4.78, 5) is 12.5. The molecule has 0 atom stereocenters. The lowest BCUT2D eigenvalue weighted by Gasteiger charge is -2.11. The molecule has 0 aliphatic carbocycles. The highest BCUT2D eigenvalue weighted by molar-refractivity contribution is 6.06. The van der Waals surface area contributed by atoms with Crippen LogP contribution in [-0.4, -0.2) is 10.6 Å². The lowest BCUT2D eigenvalue weighted by atomic mass is 10.1. The summed E-state index contributed by atoms with van der Waals surface area (Å²) in [6, 6.07) is 23.0. The van der Waals surface area contributed by atoms with Gasteiger partial charge in [-0.1, -0.05) is 42.5 Å². The summed E-state index contributed by atoms with van der Waals surface area (Å²) in [5.74, 6) is 0.216. The molecular formula is C23H21N3O2. The predicted molar refractivity (Wildman–Crippen MR) is 109 cm³/mol. The average Bonchev–Trinajstić information content (AvgIpc) is 3.03. The zero-order valence-electron chi connectivity index (χ0n) is 15.8. The van der Waals surface area contributed by atoms with Crippen molar-refractivity contribution in [2.24, 2.45) is 0 Å². The summed E-state index contributed by atoms with van der Waals surface area (Å²) in [6.45, 7) is 4.22. The van der Waals surface area contributed by atoms with E-state index in [1.807, 2.05) is 80.6 Å². The maximum absolute atomic E-state index is 12.5. The van der Waals surface area contributed by atoms with Crippen molar-refractivity contribution in [3.63, 3.8) is 0 Å². The van der Waals surface area contributed by atoms with Gasteiger partial charge in [-0.15, -0.1) is 0 Å². The molecule has 0 aliphatic rings. The average molecular weight is 371 g/mol. The number of amides is 1. The monoisotopic (exact) mass is 371 g/mol. The van der Waals surface area contributed by atoms with Crippen LogP contribution >= 0.6 is 0 Å². The largest absolute Gasteiger partial charge is 0.489 e. The Bertz CT molecular complexity index is 1020. The van der Waals surface area contributed by atoms with Gasteiger partial charge < -0.3 is 4.74 Å². The second-order valence-corrected chi connectivity index (χ2v) is 6.41. The van der Waals surface area contributed by atoms with Crippen LogP contribution in [0.15, 0.2) is 72.3 Å². The highest BCUT2D eigenvalue weighted by Gasteiger charge is 2.12. The first-order valence-corrected chi connectivity index (χ1v) is 8.91. The Morgan fingerprint density at radius 2 is 1.79 bits per heavy atom. The molecule has 0 saturated heterocycles. The molecule has 1 heterocycles. The van der Waals surface area contributed by atoms with E-state index >= 15 is 0 Å². The van der Waals surface area contributed by atoms with Crippen LogP contribution in [0.4, 0.5) is 0 Å². The minimum Gasteiger partial charge on any atom is -0.489 e. The van der Waals surface area contributed by atoms with E-state index in [4.69, 9.17) is 4.74 Å². The topological polar surface area (TPSA) is 67.0 Å². The van der Waals surface area contributed by atoms with E-state index in [0.29, 0.717) is 12.4 Å². The molecule has 3 rings (SSSR count). The maximum Gasteiger partial charge on any atom is 0.280 e. The van der Waals surface area contributed by atoms with Crippen molar-refractivity contribution in [3.05, 3.63) is 94.8 Å². The normalized spacial score (nSPS) is 11.0. The van der Waals surface area contributed by atoms with Crippen LogP contribution < -0.4 is 10.2 Å². The number of benzene rings is 2. The van der Waals surface area contributed by atoms with Gasteiger partial charge in [0, 0.05) is 11.4 Å². The number of ether oxygens (including phenoxy) is 1. The molecule has 1 amide bonds. The molecule has 28 heavy (non-hydrogen) atoms. The third-order valence-electron chi connectivity index (χ3n) is 4.27. The second-order valence-electron chi connectivity index (χ2n) is 6.41. The van der Waals surface area contributed by atoms with Crippen molar-refractivity contribution in [3.8, 4) is 11.8 Å². The van der Waals surface area contributed by atoms with Gasteiger partial charge >= 0.3 is 0 Å². The molecule has 0 spiro atoms. The van der Waals surface area contributed by atoms with Gasteiger partial charge in [-0.25, -0.2) is 0 Å². The quantitative estimate of drug-likeness (QED) is 0.517. The summed E-state index contributed by atoms with van der Waals surface area (Å²) < 4.78 is 7.47. The molecule has 0 unspecified atom stereocenters. The number of aromatic nitrogens is 1. The number of carbonyl (C=O) groups is 1. The molecule has 0 bridgehead atoms. The second kappa shape index (κ2) is 8.74. The number of rotatable bonds is 6. The first-order valence-electron chi connectivity index (χ1n) is 8.91. The number of hydrogen-bond donors (Lipinski definition) is 1. The lowest BCUT2D eigenvalue weighted by Crippen LogP contribution is -2.25. The van der Waals surface area contributed by atoms with E-state index in [9.17, 15) is 10.1 Å². The van der Waals surface area contributed by atoms with Gasteiger partial charge in [-0.05, 0) is 55.3 Å². The van der Waals surface area contributed by atoms with Gasteiger partial charge in [0.1, 0.15) is 24.0 Å². The molecule has 1 aromatic heterocycles. The van der Waals surface area contributed by atoms with Gasteiger partial charge in [-0.2, -0.15) is 5.26 Å². The molecule has 1 N–H and O–H groups in total. The third-order valence-corrected chi connectivity index (χ3v) is 4.27. The molecule has 5 nitrogen and oxygen atoms in total. The number of carbonyl (C=O) groups excluding carboxylic acids is 1. The van der Waals surface area contributed by atoms with Crippen LogP contribution in [0, 0.1) is 25.2 Å². The minimum atomic E-state index is -0.458. The van der Waals surface area contributed by atoms with Crippen LogP contribution in [0.25, 0.3) is 6.08 Å². The van der Waals surface area contributed by atoms with E-state index in [1.165, 1.54) is 0 Å². The highest BCUT2D eigenvalue weighted by atomic mass is 16.5. The summed E-state index contributed by atoms with van der Waals surface area (Å²) in [6.07, 6.45) is 1.55. The van der Waals surface area contributed by atoms with E-state index in [1.54, 1.807) is 16.8 Å². The molecule has 0 saturated carbocycles. The fourth-order valence-corrected chi connectivity index (χ4v) is 2.76. The zero-order chi connectivity index (χ0) is 19.9. The molecule has 5 heteroatoms. The fraction of sp³-hybridized carbons (Fsp3) is 0.130. The summed E-state index contributed by atoms with van der Waals surface area (Å²) in [5, 5.41) is 9.43. The standard InChI is InChI=1S/C23H21N3O2/c1-17-11-12-18(2)26(17)25-23(27)21(15-24)13-20-9-6-10-22(14-20)28-16-19-7-4-3-5-8-19/h3-14H,16H2,1-2H3,(H,25,27)/b21-13-. The molecule has 2 aromatic carbocycles. The highest BCUT2D eigenvalue weighted by Crippen LogP contribution is 2.18. The Balaban J connectivity index is 1.73. The van der Waals surface area contributed by atoms with Crippen molar-refractivity contribution >= 4 is 12.0 Å². The summed E-state index contributed by atoms with van der Waals surface area (Å²) in [5.41, 5.74) is 6.33. The van der Waals surface area contributed by atoms with E-state index in [2.05, 4.69) is 5.43 Å². The van der Waals surface area contributed by atoms with Gasteiger partial charge in [0.25, 0.3) is 5.91 Å². The Morgan fingerprint density at radius 3 is 2.46 bits per heavy atom. The zero-order valence-corrected chi connectivity index (χ0v) is 15.8. The number of aryl methyl sites for hydroxylation is 2. The smallest absolute Gasteiger partial charge is 0.280 e. The first kappa shape index (κ1) is 19.0. The van der Waals surface area contributed by atoms with E-state index in [0.717, 1.165) is 22.5 Å². The molecule has 0 aliphatic heterocycles. The molecular weight excluding hydrogens is 350 g/mol. The number of nitrogens with one attached hydrogen (secondary N) is 1. The maximum atomic E-state index is 12.5. The van der Waals surface area contributed by atoms with Crippen molar-refractivity contribution in [2.75, 3.05) is 5.43 Å². The lowest BCUT2D eigenvalue weighted by molar-refractivity contribution is -0.113. The Morgan fingerprint density at radius 1 is 1.07 bits per heavy atom. The van der Waals surface area contributed by atoms with Gasteiger partial charge in [-0.3, -0.25) is 14.9 Å². The third kappa shape index (κ3) is 4.68. The van der Waals surface area contributed by atoms with Crippen molar-refractivity contribution in [1.29, 1.82) is 5.26 Å². The summed E-state index contributed by atoms with van der Waals surface area (Å²) in [7, 11) is 0. The van der Waals surface area contributed by atoms with Gasteiger partial charge in [0.05, 0.1) is 0 Å². The van der Waals surface area contributed by atoms with Crippen molar-refractivity contribution < 1.29 is 9.53 Å². The predicted octanol–water partition coefficient (Wildman–Crippen LogP) is 4.36. The Labute approximate surface area is 164 Å². The Hall–Kier alpha value is -3.78. The van der Waals surface area contributed by atoms with Crippen molar-refractivity contribution in [1.82, 2.24) is 4.68 Å². The number of nitrogens with zero attached hydrogens (tertiary/aromatic N) is 2. The molecule has 140 valence electrons. The number of nitriles is 1. The van der Waals surface area contributed by atoms with E-state index in [-0.39, 0.29) is 5.57 Å². The molecule has 0 fully saturated rings. The Kier molecular flexibility index (Phi) is 5.93. The SMILES string of the molecule is Cc1ccc(C)n1NC(=O)/C(C#N)=C\c1cccc(OCc2ccccc2)c1. The van der Waals surface area contributed by atoms with Crippen LogP contribution in [0.1, 0.15) is 22.5 Å². The van der Waals surface area contributed by atoms with Crippen LogP contribution in [0.3, 0.4) is 0 Å². The first-order chi connectivity index (χ1) is 13.6. The van der Waals surface area contributed by atoms with Gasteiger partial charge in [0.15, 0.2) is 0 Å². The van der Waals surface area contributed by atoms with Crippen molar-refractivity contribution in [2.45, 2.75) is 20.5 Å².